The molecule has 0 atom stereocenters. The fourth-order valence-electron chi connectivity index (χ4n) is 4.02. The first kappa shape index (κ1) is 23.9. The predicted octanol–water partition coefficient (Wildman–Crippen LogP) is 7.50. The first-order valence-corrected chi connectivity index (χ1v) is 11.6. The first-order chi connectivity index (χ1) is 16.3. The van der Waals surface area contributed by atoms with Crippen molar-refractivity contribution in [2.24, 2.45) is 5.92 Å². The van der Waals surface area contributed by atoms with E-state index in [1.807, 2.05) is 24.3 Å². The van der Waals surface area contributed by atoms with Gasteiger partial charge in [-0.25, -0.2) is 4.98 Å². The van der Waals surface area contributed by atoms with Crippen LogP contribution in [0, 0.1) is 5.92 Å². The Balaban J connectivity index is 1.49. The highest BCUT2D eigenvalue weighted by Crippen LogP contribution is 2.35. The minimum Gasteiger partial charge on any atom is -0.490 e. The van der Waals surface area contributed by atoms with Crippen LogP contribution in [0.3, 0.4) is 0 Å². The SMILES string of the molecule is CC(C)Cc1ccc(Nc2nc(Nc3ccc(OC4CCCC4)cc3)ncc2C(F)(F)F)cc1. The van der Waals surface area contributed by atoms with Crippen molar-refractivity contribution in [1.82, 2.24) is 9.97 Å². The molecular formula is C26H29F3N4O. The molecule has 1 saturated carbocycles. The van der Waals surface area contributed by atoms with Crippen molar-refractivity contribution in [2.75, 3.05) is 10.6 Å². The molecule has 1 aliphatic rings. The number of hydrogen-bond acceptors (Lipinski definition) is 5. The molecule has 0 saturated heterocycles. The van der Waals surface area contributed by atoms with E-state index in [0.29, 0.717) is 17.3 Å². The minimum atomic E-state index is -4.59. The molecule has 0 bridgehead atoms. The average Bonchev–Trinajstić information content (AvgIpc) is 3.29. The number of nitrogens with zero attached hydrogens (tertiary/aromatic N) is 2. The largest absolute Gasteiger partial charge is 0.490 e. The van der Waals surface area contributed by atoms with Crippen LogP contribution in [0.2, 0.25) is 0 Å². The summed E-state index contributed by atoms with van der Waals surface area (Å²) in [6, 6.07) is 14.6. The molecule has 8 heteroatoms. The van der Waals surface area contributed by atoms with E-state index >= 15 is 0 Å². The second kappa shape index (κ2) is 10.3. The molecule has 1 aromatic heterocycles. The summed E-state index contributed by atoms with van der Waals surface area (Å²) in [6.07, 6.45) is 1.87. The highest BCUT2D eigenvalue weighted by Gasteiger charge is 2.35. The number of rotatable bonds is 8. The number of nitrogens with one attached hydrogen (secondary N) is 2. The zero-order chi connectivity index (χ0) is 24.1. The van der Waals surface area contributed by atoms with E-state index in [0.717, 1.165) is 36.8 Å². The van der Waals surface area contributed by atoms with Gasteiger partial charge in [-0.3, -0.25) is 0 Å². The van der Waals surface area contributed by atoms with Crippen LogP contribution < -0.4 is 15.4 Å². The number of alkyl halides is 3. The molecule has 0 radical (unpaired) electrons. The molecule has 5 nitrogen and oxygen atoms in total. The molecule has 4 rings (SSSR count). The van der Waals surface area contributed by atoms with Crippen LogP contribution in [0.5, 0.6) is 5.75 Å². The second-order valence-corrected chi connectivity index (χ2v) is 9.05. The van der Waals surface area contributed by atoms with Crippen LogP contribution in [-0.4, -0.2) is 16.1 Å². The Hall–Kier alpha value is -3.29. The number of benzene rings is 2. The lowest BCUT2D eigenvalue weighted by Crippen LogP contribution is -2.12. The number of aromatic nitrogens is 2. The summed E-state index contributed by atoms with van der Waals surface area (Å²) in [4.78, 5) is 8.00. The Morgan fingerprint density at radius 3 is 2.18 bits per heavy atom. The van der Waals surface area contributed by atoms with Crippen molar-refractivity contribution < 1.29 is 17.9 Å². The van der Waals surface area contributed by atoms with Gasteiger partial charge >= 0.3 is 6.18 Å². The summed E-state index contributed by atoms with van der Waals surface area (Å²) >= 11 is 0. The van der Waals surface area contributed by atoms with Gasteiger partial charge in [0.25, 0.3) is 0 Å². The predicted molar refractivity (Wildman–Crippen MR) is 128 cm³/mol. The second-order valence-electron chi connectivity index (χ2n) is 9.05. The molecule has 2 N–H and O–H groups in total. The first-order valence-electron chi connectivity index (χ1n) is 11.6. The van der Waals surface area contributed by atoms with E-state index in [1.54, 1.807) is 24.3 Å². The van der Waals surface area contributed by atoms with Crippen LogP contribution in [-0.2, 0) is 12.6 Å². The van der Waals surface area contributed by atoms with Crippen LogP contribution in [0.15, 0.2) is 54.7 Å². The smallest absolute Gasteiger partial charge is 0.421 e. The summed E-state index contributed by atoms with van der Waals surface area (Å²) in [5, 5.41) is 5.78. The molecule has 0 unspecified atom stereocenters. The normalized spacial score (nSPS) is 14.4. The lowest BCUT2D eigenvalue weighted by Gasteiger charge is -2.16. The monoisotopic (exact) mass is 470 g/mol. The maximum absolute atomic E-state index is 13.6. The van der Waals surface area contributed by atoms with E-state index in [4.69, 9.17) is 4.74 Å². The number of hydrogen-bond donors (Lipinski definition) is 2. The molecule has 1 aliphatic carbocycles. The molecule has 0 spiro atoms. The van der Waals surface area contributed by atoms with Gasteiger partial charge in [-0.15, -0.1) is 0 Å². The summed E-state index contributed by atoms with van der Waals surface area (Å²) < 4.78 is 46.7. The molecule has 3 aromatic rings. The Morgan fingerprint density at radius 1 is 0.941 bits per heavy atom. The fourth-order valence-corrected chi connectivity index (χ4v) is 4.02. The summed E-state index contributed by atoms with van der Waals surface area (Å²) in [7, 11) is 0. The number of halogens is 3. The number of ether oxygens (including phenoxy) is 1. The topological polar surface area (TPSA) is 59.1 Å². The van der Waals surface area contributed by atoms with Crippen LogP contribution >= 0.6 is 0 Å². The number of anilines is 4. The van der Waals surface area contributed by atoms with Crippen molar-refractivity contribution in [3.05, 3.63) is 65.9 Å². The molecule has 34 heavy (non-hydrogen) atoms. The van der Waals surface area contributed by atoms with E-state index in [1.165, 1.54) is 12.8 Å². The van der Waals surface area contributed by atoms with Gasteiger partial charge < -0.3 is 15.4 Å². The summed E-state index contributed by atoms with van der Waals surface area (Å²) in [5.74, 6) is 1.03. The molecular weight excluding hydrogens is 441 g/mol. The van der Waals surface area contributed by atoms with Gasteiger partial charge in [-0.2, -0.15) is 18.2 Å². The Labute approximate surface area is 197 Å². The van der Waals surface area contributed by atoms with E-state index in [9.17, 15) is 13.2 Å². The van der Waals surface area contributed by atoms with Crippen molar-refractivity contribution in [3.63, 3.8) is 0 Å². The minimum absolute atomic E-state index is 0.0661. The van der Waals surface area contributed by atoms with Crippen molar-refractivity contribution in [3.8, 4) is 5.75 Å². The molecule has 0 aliphatic heterocycles. The van der Waals surface area contributed by atoms with Gasteiger partial charge in [0, 0.05) is 17.6 Å². The highest BCUT2D eigenvalue weighted by atomic mass is 19.4. The van der Waals surface area contributed by atoms with Crippen LogP contribution in [0.25, 0.3) is 0 Å². The lowest BCUT2D eigenvalue weighted by atomic mass is 10.0. The molecule has 2 aromatic carbocycles. The van der Waals surface area contributed by atoms with Crippen molar-refractivity contribution in [1.29, 1.82) is 0 Å². The molecule has 0 amide bonds. The zero-order valence-electron chi connectivity index (χ0n) is 19.3. The van der Waals surface area contributed by atoms with Gasteiger partial charge in [-0.1, -0.05) is 26.0 Å². The maximum Gasteiger partial charge on any atom is 0.421 e. The van der Waals surface area contributed by atoms with Crippen LogP contribution in [0.4, 0.5) is 36.3 Å². The Bertz CT molecular complexity index is 1080. The third kappa shape index (κ3) is 6.40. The fraction of sp³-hybridized carbons (Fsp3) is 0.385. The van der Waals surface area contributed by atoms with Gasteiger partial charge in [0.2, 0.25) is 5.95 Å². The van der Waals surface area contributed by atoms with Gasteiger partial charge in [-0.05, 0) is 80.0 Å². The van der Waals surface area contributed by atoms with E-state index in [2.05, 4.69) is 34.4 Å². The third-order valence-electron chi connectivity index (χ3n) is 5.67. The van der Waals surface area contributed by atoms with Crippen molar-refractivity contribution in [2.45, 2.75) is 58.2 Å². The summed E-state index contributed by atoms with van der Waals surface area (Å²) in [5.41, 5.74) is 1.38. The maximum atomic E-state index is 13.6. The van der Waals surface area contributed by atoms with Gasteiger partial charge in [0.05, 0.1) is 6.10 Å². The van der Waals surface area contributed by atoms with Gasteiger partial charge in [0.1, 0.15) is 17.1 Å². The molecule has 1 heterocycles. The third-order valence-corrected chi connectivity index (χ3v) is 5.67. The molecule has 180 valence electrons. The van der Waals surface area contributed by atoms with E-state index < -0.39 is 11.7 Å². The quantitative estimate of drug-likeness (QED) is 0.357. The van der Waals surface area contributed by atoms with Crippen LogP contribution in [0.1, 0.15) is 50.7 Å². The van der Waals surface area contributed by atoms with Gasteiger partial charge in [0.15, 0.2) is 0 Å². The Morgan fingerprint density at radius 2 is 1.56 bits per heavy atom. The standard InChI is InChI=1S/C26H29F3N4O/c1-17(2)15-18-7-9-19(10-8-18)31-24-23(26(27,28)29)16-30-25(33-24)32-20-11-13-22(14-12-20)34-21-5-3-4-6-21/h7-14,16-17,21H,3-6,15H2,1-2H3,(H2,30,31,32,33). The summed E-state index contributed by atoms with van der Waals surface area (Å²) in [6.45, 7) is 4.24. The lowest BCUT2D eigenvalue weighted by molar-refractivity contribution is -0.137. The van der Waals surface area contributed by atoms with Crippen molar-refractivity contribution >= 4 is 23.1 Å². The average molecular weight is 471 g/mol. The zero-order valence-corrected chi connectivity index (χ0v) is 19.3. The highest BCUT2D eigenvalue weighted by molar-refractivity contribution is 5.63. The Kier molecular flexibility index (Phi) is 7.24. The molecule has 1 fully saturated rings. The van der Waals surface area contributed by atoms with E-state index in [-0.39, 0.29) is 17.9 Å².